The Kier molecular flexibility index (Phi) is 3.33. The summed E-state index contributed by atoms with van der Waals surface area (Å²) in [4.78, 5) is 22.8. The molecule has 0 fully saturated rings. The Morgan fingerprint density at radius 2 is 1.95 bits per heavy atom. The number of hydrogen-bond acceptors (Lipinski definition) is 4. The SMILES string of the molecule is Cc1cc(N)c(NC(=O)c2ccc(=O)[nH]n2)cc1C. The Balaban J connectivity index is 2.26. The maximum Gasteiger partial charge on any atom is 0.276 e. The second-order valence-corrected chi connectivity index (χ2v) is 4.28. The second-order valence-electron chi connectivity index (χ2n) is 4.28. The van der Waals surface area contributed by atoms with Crippen molar-refractivity contribution < 1.29 is 4.79 Å². The standard InChI is InChI=1S/C13H14N4O2/c1-7-5-9(14)11(6-8(7)2)15-13(19)10-3-4-12(18)17-16-10/h3-6H,14H2,1-2H3,(H,15,19)(H,17,18). The van der Waals surface area contributed by atoms with E-state index in [0.29, 0.717) is 11.4 Å². The summed E-state index contributed by atoms with van der Waals surface area (Å²) in [6, 6.07) is 6.19. The van der Waals surface area contributed by atoms with Crippen molar-refractivity contribution in [2.75, 3.05) is 11.1 Å². The second kappa shape index (κ2) is 4.93. The van der Waals surface area contributed by atoms with Crippen molar-refractivity contribution in [3.63, 3.8) is 0 Å². The Morgan fingerprint density at radius 1 is 1.26 bits per heavy atom. The number of rotatable bonds is 2. The fourth-order valence-corrected chi connectivity index (χ4v) is 1.60. The van der Waals surface area contributed by atoms with Gasteiger partial charge in [-0.05, 0) is 43.2 Å². The topological polar surface area (TPSA) is 101 Å². The van der Waals surface area contributed by atoms with Gasteiger partial charge in [0.15, 0.2) is 0 Å². The number of nitrogen functional groups attached to an aromatic ring is 1. The van der Waals surface area contributed by atoms with Gasteiger partial charge in [0.25, 0.3) is 11.5 Å². The number of aryl methyl sites for hydroxylation is 2. The summed E-state index contributed by atoms with van der Waals surface area (Å²) in [5.41, 5.74) is 8.71. The molecule has 1 heterocycles. The summed E-state index contributed by atoms with van der Waals surface area (Å²) in [5.74, 6) is -0.425. The van der Waals surface area contributed by atoms with Crippen molar-refractivity contribution in [1.82, 2.24) is 10.2 Å². The van der Waals surface area contributed by atoms with Gasteiger partial charge < -0.3 is 11.1 Å². The van der Waals surface area contributed by atoms with Crippen molar-refractivity contribution in [1.29, 1.82) is 0 Å². The number of carbonyl (C=O) groups is 1. The van der Waals surface area contributed by atoms with Crippen LogP contribution < -0.4 is 16.6 Å². The van der Waals surface area contributed by atoms with Crippen LogP contribution in [0.2, 0.25) is 0 Å². The molecule has 2 aromatic rings. The van der Waals surface area contributed by atoms with E-state index in [0.717, 1.165) is 11.1 Å². The predicted octanol–water partition coefficient (Wildman–Crippen LogP) is 1.22. The van der Waals surface area contributed by atoms with Crippen LogP contribution in [-0.2, 0) is 0 Å². The molecule has 0 atom stereocenters. The number of hydrogen-bond donors (Lipinski definition) is 3. The number of aromatic amines is 1. The van der Waals surface area contributed by atoms with E-state index >= 15 is 0 Å². The molecule has 0 aliphatic carbocycles. The average molecular weight is 258 g/mol. The molecular formula is C13H14N4O2. The summed E-state index contributed by atoms with van der Waals surface area (Å²) in [6.45, 7) is 3.88. The van der Waals surface area contributed by atoms with Gasteiger partial charge in [-0.15, -0.1) is 0 Å². The number of nitrogens with two attached hydrogens (primary N) is 1. The van der Waals surface area contributed by atoms with E-state index in [4.69, 9.17) is 5.73 Å². The molecule has 0 spiro atoms. The molecule has 19 heavy (non-hydrogen) atoms. The third-order valence-corrected chi connectivity index (χ3v) is 2.83. The molecule has 1 amide bonds. The third-order valence-electron chi connectivity index (χ3n) is 2.83. The highest BCUT2D eigenvalue weighted by atomic mass is 16.2. The van der Waals surface area contributed by atoms with Crippen LogP contribution in [0.4, 0.5) is 11.4 Å². The van der Waals surface area contributed by atoms with Crippen LogP contribution in [0, 0.1) is 13.8 Å². The normalized spacial score (nSPS) is 10.2. The molecule has 0 aliphatic heterocycles. The summed E-state index contributed by atoms with van der Waals surface area (Å²) >= 11 is 0. The van der Waals surface area contributed by atoms with Crippen molar-refractivity contribution in [3.8, 4) is 0 Å². The number of nitrogens with zero attached hydrogens (tertiary/aromatic N) is 1. The van der Waals surface area contributed by atoms with Gasteiger partial charge in [0.1, 0.15) is 5.69 Å². The maximum atomic E-state index is 11.9. The molecule has 6 nitrogen and oxygen atoms in total. The lowest BCUT2D eigenvalue weighted by molar-refractivity contribution is 0.102. The summed E-state index contributed by atoms with van der Waals surface area (Å²) in [6.07, 6.45) is 0. The molecule has 0 aliphatic rings. The highest BCUT2D eigenvalue weighted by Gasteiger charge is 2.10. The molecule has 6 heteroatoms. The third kappa shape index (κ3) is 2.79. The maximum absolute atomic E-state index is 11.9. The summed E-state index contributed by atoms with van der Waals surface area (Å²) < 4.78 is 0. The van der Waals surface area contributed by atoms with Crippen LogP contribution in [0.5, 0.6) is 0 Å². The van der Waals surface area contributed by atoms with Crippen LogP contribution in [0.15, 0.2) is 29.1 Å². The molecule has 0 saturated carbocycles. The number of amides is 1. The monoisotopic (exact) mass is 258 g/mol. The molecule has 0 saturated heterocycles. The van der Waals surface area contributed by atoms with Gasteiger partial charge in [-0.3, -0.25) is 9.59 Å². The van der Waals surface area contributed by atoms with E-state index in [1.807, 2.05) is 13.8 Å². The fourth-order valence-electron chi connectivity index (χ4n) is 1.60. The van der Waals surface area contributed by atoms with E-state index in [-0.39, 0.29) is 11.3 Å². The first-order chi connectivity index (χ1) is 8.97. The number of carbonyl (C=O) groups excluding carboxylic acids is 1. The van der Waals surface area contributed by atoms with E-state index in [1.165, 1.54) is 12.1 Å². The van der Waals surface area contributed by atoms with Crippen molar-refractivity contribution in [2.24, 2.45) is 0 Å². The first-order valence-corrected chi connectivity index (χ1v) is 5.71. The van der Waals surface area contributed by atoms with Gasteiger partial charge in [0, 0.05) is 6.07 Å². The zero-order valence-electron chi connectivity index (χ0n) is 10.7. The Morgan fingerprint density at radius 3 is 2.58 bits per heavy atom. The number of aromatic nitrogens is 2. The van der Waals surface area contributed by atoms with Gasteiger partial charge >= 0.3 is 0 Å². The minimum Gasteiger partial charge on any atom is -0.397 e. The van der Waals surface area contributed by atoms with E-state index in [9.17, 15) is 9.59 Å². The fraction of sp³-hybridized carbons (Fsp3) is 0.154. The largest absolute Gasteiger partial charge is 0.397 e. The van der Waals surface area contributed by atoms with Crippen LogP contribution in [-0.4, -0.2) is 16.1 Å². The van der Waals surface area contributed by atoms with Gasteiger partial charge in [-0.1, -0.05) is 0 Å². The molecule has 0 bridgehead atoms. The number of nitrogens with one attached hydrogen (secondary N) is 2. The van der Waals surface area contributed by atoms with Crippen molar-refractivity contribution in [2.45, 2.75) is 13.8 Å². The van der Waals surface area contributed by atoms with Crippen LogP contribution in [0.3, 0.4) is 0 Å². The Bertz CT molecular complexity index is 671. The quantitative estimate of drug-likeness (QED) is 0.705. The van der Waals surface area contributed by atoms with E-state index in [2.05, 4.69) is 15.5 Å². The lowest BCUT2D eigenvalue weighted by Gasteiger charge is -2.10. The molecule has 98 valence electrons. The van der Waals surface area contributed by atoms with Crippen LogP contribution in [0.1, 0.15) is 21.6 Å². The van der Waals surface area contributed by atoms with Crippen molar-refractivity contribution >= 4 is 17.3 Å². The molecule has 2 rings (SSSR count). The number of H-pyrrole nitrogens is 1. The van der Waals surface area contributed by atoms with Crippen LogP contribution >= 0.6 is 0 Å². The van der Waals surface area contributed by atoms with E-state index < -0.39 is 5.91 Å². The zero-order valence-corrected chi connectivity index (χ0v) is 10.7. The zero-order chi connectivity index (χ0) is 14.0. The lowest BCUT2D eigenvalue weighted by Crippen LogP contribution is -2.18. The summed E-state index contributed by atoms with van der Waals surface area (Å²) in [7, 11) is 0. The summed E-state index contributed by atoms with van der Waals surface area (Å²) in [5, 5.41) is 8.52. The number of anilines is 2. The predicted molar refractivity (Wildman–Crippen MR) is 73.1 cm³/mol. The smallest absolute Gasteiger partial charge is 0.276 e. The molecule has 1 aromatic carbocycles. The first-order valence-electron chi connectivity index (χ1n) is 5.71. The highest BCUT2D eigenvalue weighted by Crippen LogP contribution is 2.23. The minimum absolute atomic E-state index is 0.122. The minimum atomic E-state index is -0.425. The van der Waals surface area contributed by atoms with Crippen molar-refractivity contribution in [3.05, 3.63) is 51.4 Å². The molecule has 0 unspecified atom stereocenters. The number of benzene rings is 1. The first kappa shape index (κ1) is 12.8. The molecule has 1 aromatic heterocycles. The Labute approximate surface area is 109 Å². The van der Waals surface area contributed by atoms with Gasteiger partial charge in [-0.2, -0.15) is 5.10 Å². The Hall–Kier alpha value is -2.63. The molecular weight excluding hydrogens is 244 g/mol. The van der Waals surface area contributed by atoms with Gasteiger partial charge in [-0.25, -0.2) is 5.10 Å². The van der Waals surface area contributed by atoms with E-state index in [1.54, 1.807) is 12.1 Å². The lowest BCUT2D eigenvalue weighted by atomic mass is 10.1. The van der Waals surface area contributed by atoms with Crippen LogP contribution in [0.25, 0.3) is 0 Å². The van der Waals surface area contributed by atoms with Gasteiger partial charge in [0.2, 0.25) is 0 Å². The molecule has 4 N–H and O–H groups in total. The molecule has 0 radical (unpaired) electrons. The highest BCUT2D eigenvalue weighted by molar-refractivity contribution is 6.04. The van der Waals surface area contributed by atoms with Gasteiger partial charge in [0.05, 0.1) is 11.4 Å². The average Bonchev–Trinajstić information content (AvgIpc) is 2.36.